The number of carbonyl (C=O) groups excluding carboxylic acids is 1. The van der Waals surface area contributed by atoms with Crippen molar-refractivity contribution in [3.63, 3.8) is 0 Å². The molecule has 1 aliphatic carbocycles. The van der Waals surface area contributed by atoms with Gasteiger partial charge in [0.25, 0.3) is 0 Å². The number of aromatic nitrogens is 2. The van der Waals surface area contributed by atoms with Gasteiger partial charge in [-0.05, 0) is 25.7 Å². The van der Waals surface area contributed by atoms with E-state index in [2.05, 4.69) is 10.4 Å². The van der Waals surface area contributed by atoms with Crippen LogP contribution in [0.1, 0.15) is 26.2 Å². The predicted octanol–water partition coefficient (Wildman–Crippen LogP) is 1.62. The standard InChI is InChI=1S/C14H20N4O3/c1-2-18-8-11(6-15-18)16-13(21)17-7-10-4-3-5-14(10,9-17)12(19)20/h6,8,10H,2-5,7,9H2,1H3,(H,16,21)(H,19,20)/t10-,14+/m0/s1. The lowest BCUT2D eigenvalue weighted by atomic mass is 9.81. The topological polar surface area (TPSA) is 87.5 Å². The van der Waals surface area contributed by atoms with Gasteiger partial charge in [0, 0.05) is 25.8 Å². The fourth-order valence-electron chi connectivity index (χ4n) is 3.60. The molecule has 0 radical (unpaired) electrons. The van der Waals surface area contributed by atoms with Crippen LogP contribution in [-0.2, 0) is 11.3 Å². The Labute approximate surface area is 122 Å². The minimum absolute atomic E-state index is 0.0825. The van der Waals surface area contributed by atoms with Gasteiger partial charge in [-0.25, -0.2) is 4.79 Å². The molecule has 2 amide bonds. The molecule has 2 aliphatic rings. The Balaban J connectivity index is 1.68. The molecule has 0 spiro atoms. The average molecular weight is 292 g/mol. The summed E-state index contributed by atoms with van der Waals surface area (Å²) in [5.74, 6) is -0.682. The second kappa shape index (κ2) is 5.05. The number of likely N-dealkylation sites (tertiary alicyclic amines) is 1. The molecule has 7 nitrogen and oxygen atoms in total. The lowest BCUT2D eigenvalue weighted by Gasteiger charge is -2.23. The maximum atomic E-state index is 12.3. The van der Waals surface area contributed by atoms with Crippen LogP contribution in [0, 0.1) is 11.3 Å². The zero-order valence-corrected chi connectivity index (χ0v) is 12.1. The van der Waals surface area contributed by atoms with Gasteiger partial charge in [0.1, 0.15) is 0 Å². The summed E-state index contributed by atoms with van der Waals surface area (Å²) in [4.78, 5) is 25.5. The molecular formula is C14H20N4O3. The van der Waals surface area contributed by atoms with Gasteiger partial charge in [0.2, 0.25) is 0 Å². The van der Waals surface area contributed by atoms with Crippen LogP contribution in [-0.4, -0.2) is 44.9 Å². The normalized spacial score (nSPS) is 27.7. The van der Waals surface area contributed by atoms with E-state index in [9.17, 15) is 14.7 Å². The molecule has 3 rings (SSSR count). The van der Waals surface area contributed by atoms with Gasteiger partial charge in [0.05, 0.1) is 17.3 Å². The molecule has 2 atom stereocenters. The first-order valence-electron chi connectivity index (χ1n) is 7.37. The molecule has 1 aliphatic heterocycles. The zero-order valence-electron chi connectivity index (χ0n) is 12.1. The minimum atomic E-state index is -0.765. The Morgan fingerprint density at radius 1 is 1.57 bits per heavy atom. The van der Waals surface area contributed by atoms with Gasteiger partial charge < -0.3 is 15.3 Å². The summed E-state index contributed by atoms with van der Waals surface area (Å²) >= 11 is 0. The van der Waals surface area contributed by atoms with Crippen LogP contribution >= 0.6 is 0 Å². The molecule has 0 aromatic carbocycles. The van der Waals surface area contributed by atoms with Crippen LogP contribution in [0.2, 0.25) is 0 Å². The maximum Gasteiger partial charge on any atom is 0.321 e. The van der Waals surface area contributed by atoms with Crippen molar-refractivity contribution in [2.45, 2.75) is 32.7 Å². The molecule has 0 bridgehead atoms. The highest BCUT2D eigenvalue weighted by Gasteiger charge is 2.55. The summed E-state index contributed by atoms with van der Waals surface area (Å²) in [5.41, 5.74) is -0.0893. The van der Waals surface area contributed by atoms with Crippen LogP contribution in [0.15, 0.2) is 12.4 Å². The Hall–Kier alpha value is -2.05. The highest BCUT2D eigenvalue weighted by atomic mass is 16.4. The maximum absolute atomic E-state index is 12.3. The molecule has 2 heterocycles. The van der Waals surface area contributed by atoms with Crippen LogP contribution < -0.4 is 5.32 Å². The van der Waals surface area contributed by atoms with Crippen LogP contribution in [0.25, 0.3) is 0 Å². The van der Waals surface area contributed by atoms with Crippen molar-refractivity contribution in [2.24, 2.45) is 11.3 Å². The largest absolute Gasteiger partial charge is 0.481 e. The van der Waals surface area contributed by atoms with Crippen molar-refractivity contribution in [2.75, 3.05) is 18.4 Å². The summed E-state index contributed by atoms with van der Waals surface area (Å²) in [6.45, 7) is 3.54. The number of hydrogen-bond acceptors (Lipinski definition) is 3. The highest BCUT2D eigenvalue weighted by molar-refractivity contribution is 5.90. The predicted molar refractivity (Wildman–Crippen MR) is 75.9 cm³/mol. The van der Waals surface area contributed by atoms with Gasteiger partial charge in [-0.15, -0.1) is 0 Å². The molecule has 114 valence electrons. The van der Waals surface area contributed by atoms with Gasteiger partial charge in [-0.1, -0.05) is 6.42 Å². The molecule has 2 N–H and O–H groups in total. The Morgan fingerprint density at radius 2 is 2.38 bits per heavy atom. The van der Waals surface area contributed by atoms with Crippen molar-refractivity contribution in [1.29, 1.82) is 0 Å². The number of hydrogen-bond donors (Lipinski definition) is 2. The van der Waals surface area contributed by atoms with E-state index in [0.29, 0.717) is 25.2 Å². The molecular weight excluding hydrogens is 272 g/mol. The quantitative estimate of drug-likeness (QED) is 0.886. The van der Waals surface area contributed by atoms with Gasteiger partial charge in [-0.2, -0.15) is 5.10 Å². The van der Waals surface area contributed by atoms with Gasteiger partial charge in [0.15, 0.2) is 0 Å². The molecule has 2 fully saturated rings. The second-order valence-corrected chi connectivity index (χ2v) is 5.95. The Kier molecular flexibility index (Phi) is 3.35. The lowest BCUT2D eigenvalue weighted by Crippen LogP contribution is -2.38. The summed E-state index contributed by atoms with van der Waals surface area (Å²) in [5, 5.41) is 16.4. The van der Waals surface area contributed by atoms with E-state index in [0.717, 1.165) is 19.4 Å². The van der Waals surface area contributed by atoms with Gasteiger partial charge in [-0.3, -0.25) is 9.48 Å². The first kappa shape index (κ1) is 13.9. The number of anilines is 1. The first-order chi connectivity index (χ1) is 10.0. The number of carboxylic acids is 1. The Morgan fingerprint density at radius 3 is 3.00 bits per heavy atom. The van der Waals surface area contributed by atoms with Crippen molar-refractivity contribution >= 4 is 17.7 Å². The SMILES string of the molecule is CCn1cc(NC(=O)N2C[C@@H]3CCC[C@@]3(C(=O)O)C2)cn1. The van der Waals surface area contributed by atoms with E-state index in [1.54, 1.807) is 22.0 Å². The summed E-state index contributed by atoms with van der Waals surface area (Å²) in [6.07, 6.45) is 5.87. The van der Waals surface area contributed by atoms with Gasteiger partial charge >= 0.3 is 12.0 Å². The van der Waals surface area contributed by atoms with E-state index < -0.39 is 11.4 Å². The number of rotatable bonds is 3. The van der Waals surface area contributed by atoms with E-state index >= 15 is 0 Å². The summed E-state index contributed by atoms with van der Waals surface area (Å²) in [6, 6.07) is -0.235. The zero-order chi connectivity index (χ0) is 15.0. The van der Waals surface area contributed by atoms with Crippen LogP contribution in [0.5, 0.6) is 0 Å². The number of carboxylic acid groups (broad SMARTS) is 1. The monoisotopic (exact) mass is 292 g/mol. The van der Waals surface area contributed by atoms with E-state index in [4.69, 9.17) is 0 Å². The van der Waals surface area contributed by atoms with E-state index in [-0.39, 0.29) is 11.9 Å². The highest BCUT2D eigenvalue weighted by Crippen LogP contribution is 2.48. The first-order valence-corrected chi connectivity index (χ1v) is 7.37. The van der Waals surface area contributed by atoms with E-state index in [1.807, 2.05) is 6.92 Å². The molecule has 1 saturated heterocycles. The number of aryl methyl sites for hydroxylation is 1. The van der Waals surface area contributed by atoms with E-state index in [1.165, 1.54) is 0 Å². The minimum Gasteiger partial charge on any atom is -0.481 e. The molecule has 1 aromatic heterocycles. The summed E-state index contributed by atoms with van der Waals surface area (Å²) in [7, 11) is 0. The number of aliphatic carboxylic acids is 1. The fourth-order valence-corrected chi connectivity index (χ4v) is 3.60. The van der Waals surface area contributed by atoms with Crippen molar-refractivity contribution < 1.29 is 14.7 Å². The van der Waals surface area contributed by atoms with Crippen molar-refractivity contribution in [1.82, 2.24) is 14.7 Å². The van der Waals surface area contributed by atoms with Crippen molar-refractivity contribution in [3.05, 3.63) is 12.4 Å². The number of carbonyl (C=O) groups is 2. The lowest BCUT2D eigenvalue weighted by molar-refractivity contribution is -0.149. The van der Waals surface area contributed by atoms with Crippen LogP contribution in [0.3, 0.4) is 0 Å². The molecule has 1 saturated carbocycles. The number of fused-ring (bicyclic) bond motifs is 1. The third-order valence-electron chi connectivity index (χ3n) is 4.79. The fraction of sp³-hybridized carbons (Fsp3) is 0.643. The molecule has 7 heteroatoms. The molecule has 1 aromatic rings. The van der Waals surface area contributed by atoms with Crippen molar-refractivity contribution in [3.8, 4) is 0 Å². The average Bonchev–Trinajstić information content (AvgIpc) is 3.11. The smallest absolute Gasteiger partial charge is 0.321 e. The summed E-state index contributed by atoms with van der Waals surface area (Å²) < 4.78 is 1.73. The number of nitrogens with one attached hydrogen (secondary N) is 1. The second-order valence-electron chi connectivity index (χ2n) is 5.95. The van der Waals surface area contributed by atoms with Crippen LogP contribution in [0.4, 0.5) is 10.5 Å². The number of amides is 2. The number of urea groups is 1. The molecule has 0 unspecified atom stereocenters. The third-order valence-corrected chi connectivity index (χ3v) is 4.79. The Bertz CT molecular complexity index is 570. The third kappa shape index (κ3) is 2.26. The number of nitrogens with zero attached hydrogens (tertiary/aromatic N) is 3. The molecule has 21 heavy (non-hydrogen) atoms.